The summed E-state index contributed by atoms with van der Waals surface area (Å²) in [7, 11) is -3.67. The first-order valence-electron chi connectivity index (χ1n) is 7.65. The molecule has 24 heavy (non-hydrogen) atoms. The fourth-order valence-corrected chi connectivity index (χ4v) is 4.31. The Morgan fingerprint density at radius 3 is 2.21 bits per heavy atom. The van der Waals surface area contributed by atoms with Crippen LogP contribution in [-0.2, 0) is 10.0 Å². The molecule has 0 radical (unpaired) electrons. The second-order valence-electron chi connectivity index (χ2n) is 5.75. The third kappa shape index (κ3) is 3.14. The smallest absolute Gasteiger partial charge is 0.243 e. The first kappa shape index (κ1) is 16.9. The van der Waals surface area contributed by atoms with Gasteiger partial charge in [-0.3, -0.25) is 0 Å². The molecule has 0 saturated carbocycles. The second-order valence-corrected chi connectivity index (χ2v) is 7.69. The molecule has 2 aromatic carbocycles. The SMILES string of the molecule is Cc1cc(S(=O)(=O)N2CCN(c3ccccc3F)CC2)ccc1F. The average molecular weight is 352 g/mol. The van der Waals surface area contributed by atoms with E-state index >= 15 is 0 Å². The lowest BCUT2D eigenvalue weighted by Gasteiger charge is -2.35. The lowest BCUT2D eigenvalue weighted by atomic mass is 10.2. The van der Waals surface area contributed by atoms with Gasteiger partial charge in [0.15, 0.2) is 0 Å². The van der Waals surface area contributed by atoms with Gasteiger partial charge in [-0.1, -0.05) is 12.1 Å². The molecule has 0 unspecified atom stereocenters. The quantitative estimate of drug-likeness (QED) is 0.853. The zero-order valence-corrected chi connectivity index (χ0v) is 14.1. The van der Waals surface area contributed by atoms with E-state index in [-0.39, 0.29) is 23.8 Å². The molecular formula is C17H18F2N2O2S. The molecule has 128 valence electrons. The van der Waals surface area contributed by atoms with E-state index in [2.05, 4.69) is 0 Å². The number of nitrogens with zero attached hydrogens (tertiary/aromatic N) is 2. The third-order valence-corrected chi connectivity index (χ3v) is 6.09. The van der Waals surface area contributed by atoms with Gasteiger partial charge in [0, 0.05) is 26.2 Å². The van der Waals surface area contributed by atoms with Gasteiger partial charge in [-0.15, -0.1) is 0 Å². The minimum absolute atomic E-state index is 0.0840. The number of rotatable bonds is 3. The zero-order chi connectivity index (χ0) is 17.3. The van der Waals surface area contributed by atoms with Gasteiger partial charge < -0.3 is 4.90 Å². The van der Waals surface area contributed by atoms with E-state index in [4.69, 9.17) is 0 Å². The molecule has 0 spiro atoms. The average Bonchev–Trinajstić information content (AvgIpc) is 2.58. The lowest BCUT2D eigenvalue weighted by Crippen LogP contribution is -2.48. The predicted molar refractivity (Wildman–Crippen MR) is 88.5 cm³/mol. The van der Waals surface area contributed by atoms with Crippen LogP contribution in [0.25, 0.3) is 0 Å². The number of aryl methyl sites for hydroxylation is 1. The molecule has 1 saturated heterocycles. The summed E-state index contributed by atoms with van der Waals surface area (Å²) in [6, 6.07) is 10.2. The molecular weight excluding hydrogens is 334 g/mol. The molecule has 0 amide bonds. The van der Waals surface area contributed by atoms with Crippen LogP contribution in [0.15, 0.2) is 47.4 Å². The molecule has 2 aromatic rings. The molecule has 1 aliphatic heterocycles. The molecule has 3 rings (SSSR count). The summed E-state index contributed by atoms with van der Waals surface area (Å²) in [6.45, 7) is 2.85. The summed E-state index contributed by atoms with van der Waals surface area (Å²) in [6.07, 6.45) is 0. The minimum atomic E-state index is -3.67. The Morgan fingerprint density at radius 2 is 1.58 bits per heavy atom. The minimum Gasteiger partial charge on any atom is -0.367 e. The highest BCUT2D eigenvalue weighted by Gasteiger charge is 2.29. The Kier molecular flexibility index (Phi) is 4.56. The van der Waals surface area contributed by atoms with Crippen molar-refractivity contribution in [3.8, 4) is 0 Å². The largest absolute Gasteiger partial charge is 0.367 e. The molecule has 0 atom stereocenters. The second kappa shape index (κ2) is 6.49. The highest BCUT2D eigenvalue weighted by atomic mass is 32.2. The molecule has 1 fully saturated rings. The summed E-state index contributed by atoms with van der Waals surface area (Å²) in [5, 5.41) is 0. The number of hydrogen-bond donors (Lipinski definition) is 0. The molecule has 4 nitrogen and oxygen atoms in total. The monoisotopic (exact) mass is 352 g/mol. The fraction of sp³-hybridized carbons (Fsp3) is 0.294. The topological polar surface area (TPSA) is 40.6 Å². The van der Waals surface area contributed by atoms with E-state index in [1.807, 2.05) is 4.90 Å². The van der Waals surface area contributed by atoms with E-state index in [1.165, 1.54) is 29.4 Å². The summed E-state index contributed by atoms with van der Waals surface area (Å²) in [4.78, 5) is 1.91. The van der Waals surface area contributed by atoms with Crippen molar-refractivity contribution in [1.82, 2.24) is 4.31 Å². The summed E-state index contributed by atoms with van der Waals surface area (Å²) in [5.74, 6) is -0.749. The van der Waals surface area contributed by atoms with Crippen LogP contribution >= 0.6 is 0 Å². The molecule has 1 heterocycles. The van der Waals surface area contributed by atoms with Gasteiger partial charge in [0.2, 0.25) is 10.0 Å². The maximum atomic E-state index is 13.8. The number of benzene rings is 2. The van der Waals surface area contributed by atoms with E-state index in [0.29, 0.717) is 24.3 Å². The van der Waals surface area contributed by atoms with Crippen molar-refractivity contribution in [3.05, 3.63) is 59.7 Å². The third-order valence-electron chi connectivity index (χ3n) is 4.20. The van der Waals surface area contributed by atoms with Gasteiger partial charge in [-0.2, -0.15) is 4.31 Å². The maximum absolute atomic E-state index is 13.8. The van der Waals surface area contributed by atoms with Crippen LogP contribution in [0.4, 0.5) is 14.5 Å². The zero-order valence-electron chi connectivity index (χ0n) is 13.2. The first-order chi connectivity index (χ1) is 11.4. The number of para-hydroxylation sites is 1. The van der Waals surface area contributed by atoms with Gasteiger partial charge in [0.05, 0.1) is 10.6 Å². The van der Waals surface area contributed by atoms with Crippen molar-refractivity contribution < 1.29 is 17.2 Å². The van der Waals surface area contributed by atoms with Gasteiger partial charge in [-0.05, 0) is 42.8 Å². The standard InChI is InChI=1S/C17H18F2N2O2S/c1-13-12-14(6-7-15(13)18)24(22,23)21-10-8-20(9-11-21)17-5-3-2-4-16(17)19/h2-7,12H,8-11H2,1H3. The lowest BCUT2D eigenvalue weighted by molar-refractivity contribution is 0.383. The Bertz CT molecular complexity index is 847. The molecule has 7 heteroatoms. The van der Waals surface area contributed by atoms with Gasteiger partial charge in [0.1, 0.15) is 11.6 Å². The molecule has 0 aliphatic carbocycles. The van der Waals surface area contributed by atoms with Crippen LogP contribution in [0.3, 0.4) is 0 Å². The van der Waals surface area contributed by atoms with Crippen LogP contribution in [-0.4, -0.2) is 38.9 Å². The first-order valence-corrected chi connectivity index (χ1v) is 9.09. The van der Waals surface area contributed by atoms with Crippen LogP contribution in [0.1, 0.15) is 5.56 Å². The summed E-state index contributed by atoms with van der Waals surface area (Å²) < 4.78 is 53.9. The summed E-state index contributed by atoms with van der Waals surface area (Å²) >= 11 is 0. The Labute approximate surface area is 140 Å². The fourth-order valence-electron chi connectivity index (χ4n) is 2.80. The van der Waals surface area contributed by atoms with Crippen LogP contribution in [0, 0.1) is 18.6 Å². The maximum Gasteiger partial charge on any atom is 0.243 e. The van der Waals surface area contributed by atoms with Crippen molar-refractivity contribution in [2.45, 2.75) is 11.8 Å². The van der Waals surface area contributed by atoms with Crippen molar-refractivity contribution in [3.63, 3.8) is 0 Å². The van der Waals surface area contributed by atoms with Gasteiger partial charge in [-0.25, -0.2) is 17.2 Å². The number of sulfonamides is 1. The molecule has 1 aliphatic rings. The Hall–Kier alpha value is -1.99. The molecule has 0 N–H and O–H groups in total. The van der Waals surface area contributed by atoms with E-state index in [0.717, 1.165) is 6.07 Å². The Morgan fingerprint density at radius 1 is 0.917 bits per heavy atom. The molecule has 0 bridgehead atoms. The van der Waals surface area contributed by atoms with Gasteiger partial charge in [0.25, 0.3) is 0 Å². The number of anilines is 1. The highest BCUT2D eigenvalue weighted by molar-refractivity contribution is 7.89. The normalized spacial score (nSPS) is 16.4. The van der Waals surface area contributed by atoms with E-state index in [9.17, 15) is 17.2 Å². The number of halogens is 2. The molecule has 0 aromatic heterocycles. The van der Waals surface area contributed by atoms with Crippen LogP contribution in [0.2, 0.25) is 0 Å². The van der Waals surface area contributed by atoms with Crippen molar-refractivity contribution in [2.75, 3.05) is 31.1 Å². The number of hydrogen-bond acceptors (Lipinski definition) is 3. The number of piperazine rings is 1. The van der Waals surface area contributed by atoms with Crippen LogP contribution < -0.4 is 4.90 Å². The highest BCUT2D eigenvalue weighted by Crippen LogP contribution is 2.24. The van der Waals surface area contributed by atoms with Gasteiger partial charge >= 0.3 is 0 Å². The Balaban J connectivity index is 1.76. The van der Waals surface area contributed by atoms with Crippen molar-refractivity contribution in [1.29, 1.82) is 0 Å². The van der Waals surface area contributed by atoms with Crippen molar-refractivity contribution in [2.24, 2.45) is 0 Å². The van der Waals surface area contributed by atoms with Crippen LogP contribution in [0.5, 0.6) is 0 Å². The predicted octanol–water partition coefficient (Wildman–Crippen LogP) is 2.78. The van der Waals surface area contributed by atoms with Crippen molar-refractivity contribution >= 4 is 15.7 Å². The summed E-state index contributed by atoms with van der Waals surface area (Å²) in [5.41, 5.74) is 0.772. The van der Waals surface area contributed by atoms with E-state index in [1.54, 1.807) is 18.2 Å². The van der Waals surface area contributed by atoms with E-state index < -0.39 is 15.8 Å².